The third-order valence-corrected chi connectivity index (χ3v) is 3.60. The predicted molar refractivity (Wildman–Crippen MR) is 88.7 cm³/mol. The molecule has 3 aromatic rings. The third kappa shape index (κ3) is 2.90. The maximum atomic E-state index is 13.5. The summed E-state index contributed by atoms with van der Waals surface area (Å²) >= 11 is 0. The minimum atomic E-state index is -0.356. The fraction of sp³-hybridized carbons (Fsp3) is 0.0526. The van der Waals surface area contributed by atoms with Crippen LogP contribution in [0.5, 0.6) is 0 Å². The van der Waals surface area contributed by atoms with E-state index >= 15 is 0 Å². The number of anilines is 1. The van der Waals surface area contributed by atoms with E-state index in [1.54, 1.807) is 24.4 Å². The number of benzene rings is 2. The molecule has 0 aliphatic carbocycles. The SMILES string of the molecule is Cc1ccc(C=O)cc1C#Cc1c(N)ncc2ccc(F)cc12. The molecule has 0 spiro atoms. The topological polar surface area (TPSA) is 56.0 Å². The zero-order chi connectivity index (χ0) is 16.4. The molecule has 0 amide bonds. The Bertz CT molecular complexity index is 979. The normalized spacial score (nSPS) is 10.2. The first kappa shape index (κ1) is 14.7. The van der Waals surface area contributed by atoms with Gasteiger partial charge in [0.25, 0.3) is 0 Å². The number of halogens is 1. The first-order valence-electron chi connectivity index (χ1n) is 7.00. The molecule has 0 saturated heterocycles. The molecule has 23 heavy (non-hydrogen) atoms. The fourth-order valence-electron chi connectivity index (χ4n) is 2.31. The molecule has 0 bridgehead atoms. The average Bonchev–Trinajstić information content (AvgIpc) is 2.55. The van der Waals surface area contributed by atoms with Crippen molar-refractivity contribution < 1.29 is 9.18 Å². The van der Waals surface area contributed by atoms with E-state index in [0.29, 0.717) is 16.5 Å². The van der Waals surface area contributed by atoms with Gasteiger partial charge >= 0.3 is 0 Å². The molecule has 3 rings (SSSR count). The highest BCUT2D eigenvalue weighted by Gasteiger charge is 2.06. The van der Waals surface area contributed by atoms with Crippen LogP contribution >= 0.6 is 0 Å². The number of hydrogen-bond donors (Lipinski definition) is 1. The summed E-state index contributed by atoms with van der Waals surface area (Å²) in [5, 5.41) is 1.39. The first-order valence-corrected chi connectivity index (χ1v) is 7.00. The van der Waals surface area contributed by atoms with Crippen molar-refractivity contribution in [2.45, 2.75) is 6.92 Å². The number of nitrogens with two attached hydrogens (primary N) is 1. The second kappa shape index (κ2) is 5.90. The highest BCUT2D eigenvalue weighted by molar-refractivity contribution is 5.91. The van der Waals surface area contributed by atoms with Gasteiger partial charge in [-0.05, 0) is 36.8 Å². The maximum Gasteiger partial charge on any atom is 0.150 e. The van der Waals surface area contributed by atoms with Crippen molar-refractivity contribution in [2.75, 3.05) is 5.73 Å². The number of carbonyl (C=O) groups excluding carboxylic acids is 1. The summed E-state index contributed by atoms with van der Waals surface area (Å²) in [6.45, 7) is 1.91. The zero-order valence-corrected chi connectivity index (χ0v) is 12.4. The summed E-state index contributed by atoms with van der Waals surface area (Å²) in [6, 6.07) is 9.68. The Morgan fingerprint density at radius 2 is 2.00 bits per heavy atom. The van der Waals surface area contributed by atoms with Crippen LogP contribution in [0.3, 0.4) is 0 Å². The van der Waals surface area contributed by atoms with E-state index in [4.69, 9.17) is 5.73 Å². The van der Waals surface area contributed by atoms with Crippen LogP contribution in [0.2, 0.25) is 0 Å². The number of nitrogens with zero attached hydrogens (tertiary/aromatic N) is 1. The molecule has 4 heteroatoms. The van der Waals surface area contributed by atoms with Crippen molar-refractivity contribution in [3.63, 3.8) is 0 Å². The summed E-state index contributed by atoms with van der Waals surface area (Å²) < 4.78 is 13.5. The maximum absolute atomic E-state index is 13.5. The molecule has 0 radical (unpaired) electrons. The highest BCUT2D eigenvalue weighted by Crippen LogP contribution is 2.22. The van der Waals surface area contributed by atoms with Crippen LogP contribution in [0, 0.1) is 24.6 Å². The van der Waals surface area contributed by atoms with Gasteiger partial charge < -0.3 is 5.73 Å². The van der Waals surface area contributed by atoms with E-state index in [0.717, 1.165) is 22.8 Å². The number of hydrogen-bond acceptors (Lipinski definition) is 3. The van der Waals surface area contributed by atoms with Crippen LogP contribution in [0.15, 0.2) is 42.6 Å². The van der Waals surface area contributed by atoms with Crippen LogP contribution in [0.25, 0.3) is 10.8 Å². The number of rotatable bonds is 1. The van der Waals surface area contributed by atoms with Crippen molar-refractivity contribution in [1.29, 1.82) is 0 Å². The molecule has 0 aliphatic rings. The van der Waals surface area contributed by atoms with Gasteiger partial charge in [-0.15, -0.1) is 0 Å². The Morgan fingerprint density at radius 3 is 2.78 bits per heavy atom. The zero-order valence-electron chi connectivity index (χ0n) is 12.4. The molecule has 2 aromatic carbocycles. The Kier molecular flexibility index (Phi) is 3.78. The standard InChI is InChI=1S/C19H13FN2O/c1-12-2-3-13(11-23)8-14(12)5-7-17-18-9-16(20)6-4-15(18)10-22-19(17)21/h2-4,6,8-11H,1H3,(H2,21,22). The summed E-state index contributed by atoms with van der Waals surface area (Å²) in [6.07, 6.45) is 2.36. The van der Waals surface area contributed by atoms with Gasteiger partial charge in [-0.1, -0.05) is 24.0 Å². The molecule has 0 saturated carbocycles. The van der Waals surface area contributed by atoms with Crippen molar-refractivity contribution in [1.82, 2.24) is 4.98 Å². The predicted octanol–water partition coefficient (Wildman–Crippen LogP) is 3.48. The summed E-state index contributed by atoms with van der Waals surface area (Å²) in [5.74, 6) is 5.87. The van der Waals surface area contributed by atoms with E-state index in [2.05, 4.69) is 16.8 Å². The molecule has 0 atom stereocenters. The lowest BCUT2D eigenvalue weighted by molar-refractivity contribution is 0.112. The molecule has 2 N–H and O–H groups in total. The van der Waals surface area contributed by atoms with E-state index in [-0.39, 0.29) is 11.6 Å². The second-order valence-electron chi connectivity index (χ2n) is 5.19. The molecule has 1 aromatic heterocycles. The van der Waals surface area contributed by atoms with Gasteiger partial charge in [0.05, 0.1) is 5.56 Å². The van der Waals surface area contributed by atoms with E-state index in [9.17, 15) is 9.18 Å². The summed E-state index contributed by atoms with van der Waals surface area (Å²) in [4.78, 5) is 15.0. The van der Waals surface area contributed by atoms with Gasteiger partial charge in [-0.25, -0.2) is 9.37 Å². The number of pyridine rings is 1. The summed E-state index contributed by atoms with van der Waals surface area (Å²) in [5.41, 5.74) is 8.61. The first-order chi connectivity index (χ1) is 11.1. The van der Waals surface area contributed by atoms with Gasteiger partial charge in [0, 0.05) is 28.1 Å². The molecule has 0 aliphatic heterocycles. The van der Waals surface area contributed by atoms with Gasteiger partial charge in [0.1, 0.15) is 17.9 Å². The lowest BCUT2D eigenvalue weighted by Crippen LogP contribution is -1.96. The van der Waals surface area contributed by atoms with Crippen molar-refractivity contribution in [3.05, 3.63) is 70.7 Å². The Morgan fingerprint density at radius 1 is 1.17 bits per heavy atom. The van der Waals surface area contributed by atoms with Gasteiger partial charge in [0.15, 0.2) is 0 Å². The highest BCUT2D eigenvalue weighted by atomic mass is 19.1. The van der Waals surface area contributed by atoms with Gasteiger partial charge in [-0.2, -0.15) is 0 Å². The van der Waals surface area contributed by atoms with Gasteiger partial charge in [-0.3, -0.25) is 4.79 Å². The second-order valence-corrected chi connectivity index (χ2v) is 5.19. The van der Waals surface area contributed by atoms with E-state index in [1.165, 1.54) is 12.1 Å². The van der Waals surface area contributed by atoms with Crippen molar-refractivity contribution in [3.8, 4) is 11.8 Å². The molecule has 1 heterocycles. The minimum absolute atomic E-state index is 0.250. The fourth-order valence-corrected chi connectivity index (χ4v) is 2.31. The average molecular weight is 304 g/mol. The lowest BCUT2D eigenvalue weighted by atomic mass is 10.0. The van der Waals surface area contributed by atoms with E-state index in [1.807, 2.05) is 13.0 Å². The lowest BCUT2D eigenvalue weighted by Gasteiger charge is -2.04. The van der Waals surface area contributed by atoms with Gasteiger partial charge in [0.2, 0.25) is 0 Å². The van der Waals surface area contributed by atoms with Crippen LogP contribution in [-0.4, -0.2) is 11.3 Å². The van der Waals surface area contributed by atoms with Crippen molar-refractivity contribution >= 4 is 22.9 Å². The molecular formula is C19H13FN2O. The largest absolute Gasteiger partial charge is 0.383 e. The van der Waals surface area contributed by atoms with Crippen molar-refractivity contribution in [2.24, 2.45) is 0 Å². The monoisotopic (exact) mass is 304 g/mol. The number of nitrogen functional groups attached to an aromatic ring is 1. The number of aryl methyl sites for hydroxylation is 1. The number of aromatic nitrogens is 1. The molecule has 112 valence electrons. The van der Waals surface area contributed by atoms with Crippen LogP contribution in [-0.2, 0) is 0 Å². The molecule has 3 nitrogen and oxygen atoms in total. The quantitative estimate of drug-likeness (QED) is 0.553. The van der Waals surface area contributed by atoms with Crippen LogP contribution in [0.1, 0.15) is 27.0 Å². The van der Waals surface area contributed by atoms with E-state index < -0.39 is 0 Å². The van der Waals surface area contributed by atoms with Crippen LogP contribution < -0.4 is 5.73 Å². The molecular weight excluding hydrogens is 291 g/mol. The number of aldehydes is 1. The smallest absolute Gasteiger partial charge is 0.150 e. The van der Waals surface area contributed by atoms with Crippen LogP contribution in [0.4, 0.5) is 10.2 Å². The number of carbonyl (C=O) groups is 1. The Labute approximate surface area is 133 Å². The minimum Gasteiger partial charge on any atom is -0.383 e. The molecule has 0 unspecified atom stereocenters. The molecule has 0 fully saturated rings. The summed E-state index contributed by atoms with van der Waals surface area (Å²) in [7, 11) is 0. The number of fused-ring (bicyclic) bond motifs is 1. The third-order valence-electron chi connectivity index (χ3n) is 3.60. The Hall–Kier alpha value is -3.19. The Balaban J connectivity index is 2.18.